The molecule has 0 saturated heterocycles. The van der Waals surface area contributed by atoms with E-state index in [0.717, 1.165) is 49.7 Å². The van der Waals surface area contributed by atoms with Crippen LogP contribution in [0.1, 0.15) is 119 Å². The number of hydrogen-bond acceptors (Lipinski definition) is 6. The summed E-state index contributed by atoms with van der Waals surface area (Å²) >= 11 is 3.17. The topological polar surface area (TPSA) is 111 Å². The molecule has 2 fully saturated rings. The summed E-state index contributed by atoms with van der Waals surface area (Å²) in [5.41, 5.74) is 1.68. The van der Waals surface area contributed by atoms with Crippen molar-refractivity contribution in [1.29, 1.82) is 0 Å². The van der Waals surface area contributed by atoms with Crippen LogP contribution >= 0.6 is 15.9 Å². The highest BCUT2D eigenvalue weighted by Crippen LogP contribution is 2.42. The van der Waals surface area contributed by atoms with E-state index in [1.54, 1.807) is 6.92 Å². The maximum absolute atomic E-state index is 12.1. The van der Waals surface area contributed by atoms with Gasteiger partial charge in [0.2, 0.25) is 0 Å². The first kappa shape index (κ1) is 34.3. The van der Waals surface area contributed by atoms with Crippen molar-refractivity contribution in [3.63, 3.8) is 0 Å². The third kappa shape index (κ3) is 9.39. The normalized spacial score (nSPS) is 16.7. The number of rotatable bonds is 7. The number of benzene rings is 2. The van der Waals surface area contributed by atoms with Crippen LogP contribution in [-0.4, -0.2) is 40.3 Å². The first-order chi connectivity index (χ1) is 20.0. The fraction of sp³-hybridized carbons (Fsp3) is 0.529. The number of Topliss-reactive ketones (excluding diaryl/α,β-unsaturated/α-hetero) is 2. The van der Waals surface area contributed by atoms with Gasteiger partial charge in [0.1, 0.15) is 11.2 Å². The smallest absolute Gasteiger partial charge is 0.408 e. The van der Waals surface area contributed by atoms with E-state index in [2.05, 4.69) is 26.6 Å². The summed E-state index contributed by atoms with van der Waals surface area (Å²) < 4.78 is 10.7. The number of amides is 2. The second kappa shape index (κ2) is 13.6. The van der Waals surface area contributed by atoms with Crippen LogP contribution < -0.4 is 10.6 Å². The number of nitrogens with one attached hydrogen (secondary N) is 2. The van der Waals surface area contributed by atoms with Crippen LogP contribution in [0.25, 0.3) is 0 Å². The molecule has 0 spiro atoms. The molecule has 43 heavy (non-hydrogen) atoms. The number of halogens is 1. The first-order valence-corrected chi connectivity index (χ1v) is 15.9. The van der Waals surface area contributed by atoms with Crippen molar-refractivity contribution in [2.45, 2.75) is 109 Å². The van der Waals surface area contributed by atoms with Crippen LogP contribution in [0.15, 0.2) is 48.5 Å². The number of ketones is 2. The number of carbonyl (C=O) groups excluding carboxylic acids is 4. The summed E-state index contributed by atoms with van der Waals surface area (Å²) in [6, 6.07) is 15.0. The van der Waals surface area contributed by atoms with Gasteiger partial charge in [-0.25, -0.2) is 9.59 Å². The molecule has 2 aromatic carbocycles. The summed E-state index contributed by atoms with van der Waals surface area (Å²) in [6.45, 7) is 12.6. The quantitative estimate of drug-likeness (QED) is 0.231. The van der Waals surface area contributed by atoms with Gasteiger partial charge in [0.15, 0.2) is 11.6 Å². The van der Waals surface area contributed by atoms with Gasteiger partial charge in [-0.3, -0.25) is 9.59 Å². The zero-order valence-electron chi connectivity index (χ0n) is 26.4. The highest BCUT2D eigenvalue weighted by atomic mass is 79.9. The Labute approximate surface area is 263 Å². The molecule has 0 heterocycles. The highest BCUT2D eigenvalue weighted by molar-refractivity contribution is 9.09. The molecule has 2 aromatic rings. The Bertz CT molecular complexity index is 1300. The standard InChI is InChI=1S/C17H22BrNO3.C17H23NO3/c1-16(2,3)22-15(21)19-17(9-4-10-17)13-7-5-12(6-8-13)14(20)11-18;1-12(19)13-6-8-14(9-7-13)17(10-5-11-17)18-15(20)21-16(2,3)4/h5-8H,4,9-11H2,1-3H3,(H,19,21);6-9H,5,10-11H2,1-4H3,(H,18,20). The lowest BCUT2D eigenvalue weighted by Crippen LogP contribution is -2.52. The zero-order chi connectivity index (χ0) is 32.1. The second-order valence-electron chi connectivity index (χ2n) is 13.4. The largest absolute Gasteiger partial charge is 0.444 e. The molecule has 2 amide bonds. The van der Waals surface area contributed by atoms with Crippen molar-refractivity contribution in [3.05, 3.63) is 70.8 Å². The van der Waals surface area contributed by atoms with Gasteiger partial charge in [0, 0.05) is 11.1 Å². The average molecular weight is 658 g/mol. The average Bonchev–Trinajstić information content (AvgIpc) is 2.86. The number of alkyl carbamates (subject to hydrolysis) is 2. The highest BCUT2D eigenvalue weighted by Gasteiger charge is 2.42. The molecule has 0 atom stereocenters. The summed E-state index contributed by atoms with van der Waals surface area (Å²) in [5, 5.41) is 6.33. The van der Waals surface area contributed by atoms with Crippen LogP contribution in [0.3, 0.4) is 0 Å². The number of carbonyl (C=O) groups is 4. The van der Waals surface area contributed by atoms with Crippen molar-refractivity contribution in [2.24, 2.45) is 0 Å². The van der Waals surface area contributed by atoms with Gasteiger partial charge >= 0.3 is 12.2 Å². The van der Waals surface area contributed by atoms with Crippen molar-refractivity contribution in [3.8, 4) is 0 Å². The maximum atomic E-state index is 12.1. The molecule has 8 nitrogen and oxygen atoms in total. The van der Waals surface area contributed by atoms with Gasteiger partial charge in [-0.2, -0.15) is 0 Å². The predicted molar refractivity (Wildman–Crippen MR) is 171 cm³/mol. The fourth-order valence-corrected chi connectivity index (χ4v) is 5.43. The molecule has 0 radical (unpaired) electrons. The molecular weight excluding hydrogens is 612 g/mol. The van der Waals surface area contributed by atoms with Gasteiger partial charge in [-0.15, -0.1) is 0 Å². The minimum absolute atomic E-state index is 0.0457. The molecule has 9 heteroatoms. The SMILES string of the molecule is CC(=O)c1ccc(C2(NC(=O)OC(C)(C)C)CCC2)cc1.CC(C)(C)OC(=O)NC1(c2ccc(C(=O)CBr)cc2)CCC1. The van der Waals surface area contributed by atoms with Crippen molar-refractivity contribution < 1.29 is 28.7 Å². The van der Waals surface area contributed by atoms with Gasteiger partial charge in [0.05, 0.1) is 16.4 Å². The van der Waals surface area contributed by atoms with E-state index in [9.17, 15) is 19.2 Å². The summed E-state index contributed by atoms with van der Waals surface area (Å²) in [7, 11) is 0. The van der Waals surface area contributed by atoms with Crippen molar-refractivity contribution in [2.75, 3.05) is 5.33 Å². The van der Waals surface area contributed by atoms with Gasteiger partial charge < -0.3 is 20.1 Å². The summed E-state index contributed by atoms with van der Waals surface area (Å²) in [6.07, 6.45) is 4.92. The lowest BCUT2D eigenvalue weighted by molar-refractivity contribution is 0.0365. The van der Waals surface area contributed by atoms with E-state index in [1.165, 1.54) is 0 Å². The minimum Gasteiger partial charge on any atom is -0.444 e. The first-order valence-electron chi connectivity index (χ1n) is 14.8. The summed E-state index contributed by atoms with van der Waals surface area (Å²) in [4.78, 5) is 47.1. The molecule has 2 saturated carbocycles. The monoisotopic (exact) mass is 656 g/mol. The molecule has 0 aromatic heterocycles. The van der Waals surface area contributed by atoms with Crippen LogP contribution in [0.4, 0.5) is 9.59 Å². The summed E-state index contributed by atoms with van der Waals surface area (Å²) in [5.74, 6) is 0.0959. The molecule has 2 N–H and O–H groups in total. The minimum atomic E-state index is -0.513. The Morgan fingerprint density at radius 2 is 1.02 bits per heavy atom. The zero-order valence-corrected chi connectivity index (χ0v) is 28.0. The Hall–Kier alpha value is -3.20. The lowest BCUT2D eigenvalue weighted by Gasteiger charge is -2.43. The number of ether oxygens (including phenoxy) is 2. The fourth-order valence-electron chi connectivity index (χ4n) is 5.11. The molecule has 2 aliphatic rings. The second-order valence-corrected chi connectivity index (χ2v) is 14.0. The van der Waals surface area contributed by atoms with E-state index < -0.39 is 23.4 Å². The maximum Gasteiger partial charge on any atom is 0.408 e. The number of alkyl halides is 1. The lowest BCUT2D eigenvalue weighted by atomic mass is 9.72. The van der Waals surface area contributed by atoms with E-state index >= 15 is 0 Å². The molecule has 2 aliphatic carbocycles. The Kier molecular flexibility index (Phi) is 10.9. The van der Waals surface area contributed by atoms with Crippen LogP contribution in [0.2, 0.25) is 0 Å². The van der Waals surface area contributed by atoms with Crippen LogP contribution in [-0.2, 0) is 20.6 Å². The molecule has 234 valence electrons. The Balaban J connectivity index is 0.000000236. The third-order valence-corrected chi connectivity index (χ3v) is 8.13. The predicted octanol–water partition coefficient (Wildman–Crippen LogP) is 7.96. The van der Waals surface area contributed by atoms with Gasteiger partial charge in [-0.05, 0) is 98.1 Å². The van der Waals surface area contributed by atoms with E-state index in [-0.39, 0.29) is 22.6 Å². The van der Waals surface area contributed by atoms with Crippen molar-refractivity contribution in [1.82, 2.24) is 10.6 Å². The Morgan fingerprint density at radius 3 is 1.28 bits per heavy atom. The Morgan fingerprint density at radius 1 is 0.674 bits per heavy atom. The van der Waals surface area contributed by atoms with Gasteiger partial charge in [0.25, 0.3) is 0 Å². The number of hydrogen-bond donors (Lipinski definition) is 2. The van der Waals surface area contributed by atoms with Crippen molar-refractivity contribution >= 4 is 39.7 Å². The molecule has 4 rings (SSSR count). The van der Waals surface area contributed by atoms with Crippen LogP contribution in [0, 0.1) is 0 Å². The molecule has 0 bridgehead atoms. The van der Waals surface area contributed by atoms with Crippen LogP contribution in [0.5, 0.6) is 0 Å². The third-order valence-electron chi connectivity index (χ3n) is 7.62. The van der Waals surface area contributed by atoms with E-state index in [4.69, 9.17) is 9.47 Å². The van der Waals surface area contributed by atoms with E-state index in [0.29, 0.717) is 16.5 Å². The molecule has 0 aliphatic heterocycles. The molecular formula is C34H45BrN2O6. The van der Waals surface area contributed by atoms with E-state index in [1.807, 2.05) is 90.1 Å². The van der Waals surface area contributed by atoms with Gasteiger partial charge in [-0.1, -0.05) is 64.5 Å². The molecule has 0 unspecified atom stereocenters.